The minimum absolute atomic E-state index is 0.307. The van der Waals surface area contributed by atoms with E-state index >= 15 is 0 Å². The van der Waals surface area contributed by atoms with E-state index in [-0.39, 0.29) is 0 Å². The Morgan fingerprint density at radius 3 is 2.85 bits per heavy atom. The molecule has 0 aromatic heterocycles. The molecule has 0 aliphatic carbocycles. The lowest BCUT2D eigenvalue weighted by atomic mass is 10.2. The summed E-state index contributed by atoms with van der Waals surface area (Å²) in [5.41, 5.74) is 2.85. The third kappa shape index (κ3) is 2.57. The van der Waals surface area contributed by atoms with E-state index in [1.54, 1.807) is 19.2 Å². The number of methoxy groups -OCH3 is 1. The van der Waals surface area contributed by atoms with Gasteiger partial charge in [0.25, 0.3) is 0 Å². The molecular formula is C8H9BrClNO2. The number of hydrogen-bond acceptors (Lipinski definition) is 3. The van der Waals surface area contributed by atoms with E-state index in [1.807, 2.05) is 5.48 Å². The second-order valence-corrected chi connectivity index (χ2v) is 3.67. The van der Waals surface area contributed by atoms with Crippen molar-refractivity contribution in [1.82, 2.24) is 5.48 Å². The molecule has 1 rings (SSSR count). The molecular weight excluding hydrogens is 257 g/mol. The van der Waals surface area contributed by atoms with Gasteiger partial charge in [-0.25, -0.2) is 5.48 Å². The SMILES string of the molecule is COc1cc(Cl)c(CNO)cc1Br. The molecule has 1 aromatic carbocycles. The molecule has 1 aromatic rings. The Kier molecular flexibility index (Phi) is 3.99. The van der Waals surface area contributed by atoms with Crippen molar-refractivity contribution < 1.29 is 9.94 Å². The number of ether oxygens (including phenoxy) is 1. The summed E-state index contributed by atoms with van der Waals surface area (Å²) in [6, 6.07) is 3.49. The van der Waals surface area contributed by atoms with Gasteiger partial charge in [-0.05, 0) is 27.6 Å². The smallest absolute Gasteiger partial charge is 0.134 e. The lowest BCUT2D eigenvalue weighted by Crippen LogP contribution is -2.06. The summed E-state index contributed by atoms with van der Waals surface area (Å²) >= 11 is 9.23. The highest BCUT2D eigenvalue weighted by atomic mass is 79.9. The summed E-state index contributed by atoms with van der Waals surface area (Å²) in [4.78, 5) is 0. The summed E-state index contributed by atoms with van der Waals surface area (Å²) in [6.45, 7) is 0.307. The lowest BCUT2D eigenvalue weighted by Gasteiger charge is -2.07. The highest BCUT2D eigenvalue weighted by Gasteiger charge is 2.06. The molecule has 0 unspecified atom stereocenters. The first-order valence-electron chi connectivity index (χ1n) is 3.58. The molecule has 0 atom stereocenters. The molecule has 0 heterocycles. The van der Waals surface area contributed by atoms with Crippen molar-refractivity contribution in [3.05, 3.63) is 27.2 Å². The number of hydrogen-bond donors (Lipinski definition) is 2. The summed E-state index contributed by atoms with van der Waals surface area (Å²) in [5, 5.41) is 9.06. The molecule has 2 N–H and O–H groups in total. The van der Waals surface area contributed by atoms with Gasteiger partial charge in [0, 0.05) is 17.6 Å². The summed E-state index contributed by atoms with van der Waals surface area (Å²) < 4.78 is 5.85. The Bertz CT molecular complexity index is 306. The van der Waals surface area contributed by atoms with Gasteiger partial charge in [-0.15, -0.1) is 0 Å². The molecule has 0 fully saturated rings. The van der Waals surface area contributed by atoms with Crippen molar-refractivity contribution >= 4 is 27.5 Å². The van der Waals surface area contributed by atoms with Gasteiger partial charge in [0.05, 0.1) is 11.6 Å². The van der Waals surface area contributed by atoms with Crippen LogP contribution in [0.1, 0.15) is 5.56 Å². The lowest BCUT2D eigenvalue weighted by molar-refractivity contribution is 0.161. The summed E-state index contributed by atoms with van der Waals surface area (Å²) in [6.07, 6.45) is 0. The molecule has 72 valence electrons. The average Bonchev–Trinajstić information content (AvgIpc) is 2.11. The molecule has 0 radical (unpaired) electrons. The van der Waals surface area contributed by atoms with Crippen molar-refractivity contribution in [3.63, 3.8) is 0 Å². The fourth-order valence-corrected chi connectivity index (χ4v) is 1.72. The second-order valence-electron chi connectivity index (χ2n) is 2.41. The van der Waals surface area contributed by atoms with Gasteiger partial charge in [0.1, 0.15) is 5.75 Å². The minimum Gasteiger partial charge on any atom is -0.496 e. The third-order valence-corrected chi connectivity index (χ3v) is 2.56. The van der Waals surface area contributed by atoms with Crippen molar-refractivity contribution in [1.29, 1.82) is 0 Å². The molecule has 0 spiro atoms. The number of benzene rings is 1. The molecule has 0 aliphatic rings. The monoisotopic (exact) mass is 265 g/mol. The van der Waals surface area contributed by atoms with Gasteiger partial charge >= 0.3 is 0 Å². The summed E-state index contributed by atoms with van der Waals surface area (Å²) in [7, 11) is 1.57. The Labute approximate surface area is 89.7 Å². The van der Waals surface area contributed by atoms with Crippen LogP contribution in [-0.2, 0) is 6.54 Å². The standard InChI is InChI=1S/C8H9BrClNO2/c1-13-8-3-7(10)5(4-11-12)2-6(8)9/h2-3,11-12H,4H2,1H3. The van der Waals surface area contributed by atoms with Crippen LogP contribution in [0, 0.1) is 0 Å². The largest absolute Gasteiger partial charge is 0.496 e. The van der Waals surface area contributed by atoms with E-state index in [1.165, 1.54) is 0 Å². The van der Waals surface area contributed by atoms with Crippen LogP contribution >= 0.6 is 27.5 Å². The normalized spacial score (nSPS) is 10.2. The predicted molar refractivity (Wildman–Crippen MR) is 54.3 cm³/mol. The van der Waals surface area contributed by atoms with Gasteiger partial charge in [-0.1, -0.05) is 11.6 Å². The average molecular weight is 267 g/mol. The zero-order valence-corrected chi connectivity index (χ0v) is 9.32. The van der Waals surface area contributed by atoms with Crippen molar-refractivity contribution in [3.8, 4) is 5.75 Å². The highest BCUT2D eigenvalue weighted by molar-refractivity contribution is 9.10. The maximum Gasteiger partial charge on any atom is 0.134 e. The molecule has 0 amide bonds. The Morgan fingerprint density at radius 1 is 1.62 bits per heavy atom. The van der Waals surface area contributed by atoms with Gasteiger partial charge < -0.3 is 9.94 Å². The molecule has 0 bridgehead atoms. The van der Waals surface area contributed by atoms with Crippen LogP contribution in [0.2, 0.25) is 5.02 Å². The van der Waals surface area contributed by atoms with E-state index in [2.05, 4.69) is 15.9 Å². The molecule has 5 heteroatoms. The quantitative estimate of drug-likeness (QED) is 0.826. The van der Waals surface area contributed by atoms with Crippen LogP contribution < -0.4 is 10.2 Å². The van der Waals surface area contributed by atoms with Crippen LogP contribution in [-0.4, -0.2) is 12.3 Å². The Hall–Kier alpha value is -0.290. The highest BCUT2D eigenvalue weighted by Crippen LogP contribution is 2.30. The fraction of sp³-hybridized carbons (Fsp3) is 0.250. The maximum absolute atomic E-state index is 8.51. The zero-order valence-electron chi connectivity index (χ0n) is 6.97. The number of hydroxylamine groups is 1. The van der Waals surface area contributed by atoms with Crippen LogP contribution in [0.15, 0.2) is 16.6 Å². The first-order valence-corrected chi connectivity index (χ1v) is 4.75. The van der Waals surface area contributed by atoms with Gasteiger partial charge in [0.2, 0.25) is 0 Å². The first-order chi connectivity index (χ1) is 6.19. The maximum atomic E-state index is 8.51. The van der Waals surface area contributed by atoms with Crippen LogP contribution in [0.4, 0.5) is 0 Å². The Balaban J connectivity index is 3.05. The minimum atomic E-state index is 0.307. The van der Waals surface area contributed by atoms with Gasteiger partial charge in [-0.2, -0.15) is 0 Å². The van der Waals surface area contributed by atoms with Crippen molar-refractivity contribution in [2.45, 2.75) is 6.54 Å². The third-order valence-electron chi connectivity index (χ3n) is 1.59. The molecule has 3 nitrogen and oxygen atoms in total. The number of nitrogens with one attached hydrogen (secondary N) is 1. The molecule has 13 heavy (non-hydrogen) atoms. The topological polar surface area (TPSA) is 41.5 Å². The second kappa shape index (κ2) is 4.81. The molecule has 0 saturated carbocycles. The fourth-order valence-electron chi connectivity index (χ4n) is 0.947. The van der Waals surface area contributed by atoms with E-state index in [0.29, 0.717) is 17.3 Å². The van der Waals surface area contributed by atoms with Crippen LogP contribution in [0.5, 0.6) is 5.75 Å². The molecule has 0 saturated heterocycles. The number of halogens is 2. The van der Waals surface area contributed by atoms with Crippen LogP contribution in [0.25, 0.3) is 0 Å². The first kappa shape index (κ1) is 10.8. The number of rotatable bonds is 3. The van der Waals surface area contributed by atoms with E-state index < -0.39 is 0 Å². The summed E-state index contributed by atoms with van der Waals surface area (Å²) in [5.74, 6) is 0.673. The van der Waals surface area contributed by atoms with Crippen molar-refractivity contribution in [2.75, 3.05) is 7.11 Å². The molecule has 0 aliphatic heterocycles. The van der Waals surface area contributed by atoms with Crippen molar-refractivity contribution in [2.24, 2.45) is 0 Å². The van der Waals surface area contributed by atoms with Crippen LogP contribution in [0.3, 0.4) is 0 Å². The zero-order chi connectivity index (χ0) is 9.84. The Morgan fingerprint density at radius 2 is 2.31 bits per heavy atom. The van der Waals surface area contributed by atoms with Gasteiger partial charge in [0.15, 0.2) is 0 Å². The van der Waals surface area contributed by atoms with E-state index in [9.17, 15) is 0 Å². The van der Waals surface area contributed by atoms with E-state index in [4.69, 9.17) is 21.5 Å². The van der Waals surface area contributed by atoms with Gasteiger partial charge in [-0.3, -0.25) is 0 Å². The van der Waals surface area contributed by atoms with E-state index in [0.717, 1.165) is 10.0 Å². The predicted octanol–water partition coefficient (Wildman–Crippen LogP) is 2.59.